The Kier molecular flexibility index (Phi) is 3.54. The number of ether oxygens (including phenoxy) is 2. The zero-order valence-electron chi connectivity index (χ0n) is 10.3. The molecule has 1 aliphatic rings. The van der Waals surface area contributed by atoms with E-state index in [9.17, 15) is 5.11 Å². The lowest BCUT2D eigenvalue weighted by Crippen LogP contribution is -2.50. The third-order valence-electron chi connectivity index (χ3n) is 3.21. The van der Waals surface area contributed by atoms with Crippen LogP contribution in [0.3, 0.4) is 0 Å². The molecule has 1 saturated heterocycles. The van der Waals surface area contributed by atoms with E-state index in [2.05, 4.69) is 5.32 Å². The number of benzene rings is 1. The number of methoxy groups -OCH3 is 1. The molecule has 4 heteroatoms. The van der Waals surface area contributed by atoms with Crippen molar-refractivity contribution in [2.75, 3.05) is 38.8 Å². The SMILES string of the molecule is COc1ccc(NCC2(CO)COC2)cc1C. The van der Waals surface area contributed by atoms with Crippen molar-refractivity contribution in [1.82, 2.24) is 0 Å². The minimum atomic E-state index is -0.103. The molecular formula is C13H19NO3. The molecule has 2 N–H and O–H groups in total. The molecule has 94 valence electrons. The molecule has 0 amide bonds. The molecule has 2 rings (SSSR count). The van der Waals surface area contributed by atoms with Crippen molar-refractivity contribution in [2.45, 2.75) is 6.92 Å². The van der Waals surface area contributed by atoms with Crippen LogP contribution in [0.4, 0.5) is 5.69 Å². The van der Waals surface area contributed by atoms with Crippen LogP contribution in [0.25, 0.3) is 0 Å². The number of aryl methyl sites for hydroxylation is 1. The quantitative estimate of drug-likeness (QED) is 0.813. The fourth-order valence-electron chi connectivity index (χ4n) is 1.92. The fourth-order valence-corrected chi connectivity index (χ4v) is 1.92. The molecule has 0 aromatic heterocycles. The van der Waals surface area contributed by atoms with Gasteiger partial charge in [0.05, 0.1) is 32.3 Å². The minimum Gasteiger partial charge on any atom is -0.496 e. The van der Waals surface area contributed by atoms with E-state index in [-0.39, 0.29) is 12.0 Å². The van der Waals surface area contributed by atoms with E-state index in [1.54, 1.807) is 7.11 Å². The predicted octanol–water partition coefficient (Wildman–Crippen LogP) is 1.42. The minimum absolute atomic E-state index is 0.103. The first kappa shape index (κ1) is 12.2. The second kappa shape index (κ2) is 4.94. The number of nitrogens with one attached hydrogen (secondary N) is 1. The van der Waals surface area contributed by atoms with Crippen LogP contribution in [0.2, 0.25) is 0 Å². The van der Waals surface area contributed by atoms with E-state index in [4.69, 9.17) is 9.47 Å². The number of hydrogen-bond acceptors (Lipinski definition) is 4. The molecule has 0 saturated carbocycles. The maximum absolute atomic E-state index is 9.31. The Bertz CT molecular complexity index is 383. The first-order valence-corrected chi connectivity index (χ1v) is 5.76. The average molecular weight is 237 g/mol. The highest BCUT2D eigenvalue weighted by molar-refractivity contribution is 5.50. The van der Waals surface area contributed by atoms with Gasteiger partial charge in [-0.05, 0) is 30.7 Å². The molecule has 0 spiro atoms. The summed E-state index contributed by atoms with van der Waals surface area (Å²) in [4.78, 5) is 0. The summed E-state index contributed by atoms with van der Waals surface area (Å²) in [5.74, 6) is 0.888. The molecule has 0 radical (unpaired) electrons. The van der Waals surface area contributed by atoms with Gasteiger partial charge in [-0.3, -0.25) is 0 Å². The van der Waals surface area contributed by atoms with Gasteiger partial charge in [0.15, 0.2) is 0 Å². The van der Waals surface area contributed by atoms with Crippen molar-refractivity contribution in [1.29, 1.82) is 0 Å². The molecule has 0 atom stereocenters. The highest BCUT2D eigenvalue weighted by atomic mass is 16.5. The van der Waals surface area contributed by atoms with Gasteiger partial charge in [0.2, 0.25) is 0 Å². The Morgan fingerprint density at radius 3 is 2.71 bits per heavy atom. The lowest BCUT2D eigenvalue weighted by Gasteiger charge is -2.40. The normalized spacial score (nSPS) is 17.4. The number of aliphatic hydroxyl groups is 1. The Hall–Kier alpha value is -1.26. The molecule has 1 aromatic carbocycles. The van der Waals surface area contributed by atoms with Gasteiger partial charge >= 0.3 is 0 Å². The summed E-state index contributed by atoms with van der Waals surface area (Å²) in [5, 5.41) is 12.6. The third kappa shape index (κ3) is 2.53. The third-order valence-corrected chi connectivity index (χ3v) is 3.21. The summed E-state index contributed by atoms with van der Waals surface area (Å²) in [7, 11) is 1.67. The molecule has 1 fully saturated rings. The second-order valence-corrected chi connectivity index (χ2v) is 4.69. The summed E-state index contributed by atoms with van der Waals surface area (Å²) >= 11 is 0. The van der Waals surface area contributed by atoms with Gasteiger partial charge in [0.25, 0.3) is 0 Å². The average Bonchev–Trinajstić information content (AvgIpc) is 2.28. The van der Waals surface area contributed by atoms with Crippen LogP contribution in [0, 0.1) is 12.3 Å². The van der Waals surface area contributed by atoms with Crippen LogP contribution in [0.5, 0.6) is 5.75 Å². The molecule has 1 aliphatic heterocycles. The van der Waals surface area contributed by atoms with Crippen molar-refractivity contribution < 1.29 is 14.6 Å². The molecule has 0 bridgehead atoms. The van der Waals surface area contributed by atoms with Crippen molar-refractivity contribution in [3.05, 3.63) is 23.8 Å². The van der Waals surface area contributed by atoms with Crippen LogP contribution in [0.15, 0.2) is 18.2 Å². The lowest BCUT2D eigenvalue weighted by atomic mass is 9.87. The van der Waals surface area contributed by atoms with Gasteiger partial charge in [0.1, 0.15) is 5.75 Å². The monoisotopic (exact) mass is 237 g/mol. The summed E-state index contributed by atoms with van der Waals surface area (Å²) in [6.07, 6.45) is 0. The Morgan fingerprint density at radius 1 is 1.47 bits per heavy atom. The van der Waals surface area contributed by atoms with E-state index in [0.29, 0.717) is 13.2 Å². The molecular weight excluding hydrogens is 218 g/mol. The zero-order valence-corrected chi connectivity index (χ0v) is 10.3. The molecule has 4 nitrogen and oxygen atoms in total. The van der Waals surface area contributed by atoms with Crippen molar-refractivity contribution in [3.8, 4) is 5.75 Å². The number of rotatable bonds is 5. The Morgan fingerprint density at radius 2 is 2.24 bits per heavy atom. The largest absolute Gasteiger partial charge is 0.496 e. The highest BCUT2D eigenvalue weighted by Crippen LogP contribution is 2.28. The van der Waals surface area contributed by atoms with Gasteiger partial charge in [0, 0.05) is 12.2 Å². The molecule has 0 aliphatic carbocycles. The number of hydrogen-bond donors (Lipinski definition) is 2. The second-order valence-electron chi connectivity index (χ2n) is 4.69. The summed E-state index contributed by atoms with van der Waals surface area (Å²) in [6, 6.07) is 5.97. The van der Waals surface area contributed by atoms with Crippen LogP contribution < -0.4 is 10.1 Å². The molecule has 1 aromatic rings. The van der Waals surface area contributed by atoms with Crippen molar-refractivity contribution >= 4 is 5.69 Å². The van der Waals surface area contributed by atoms with Crippen molar-refractivity contribution in [2.24, 2.45) is 5.41 Å². The Balaban J connectivity index is 1.97. The topological polar surface area (TPSA) is 50.7 Å². The van der Waals surface area contributed by atoms with Crippen LogP contribution in [-0.2, 0) is 4.74 Å². The molecule has 17 heavy (non-hydrogen) atoms. The van der Waals surface area contributed by atoms with Gasteiger partial charge in [-0.2, -0.15) is 0 Å². The maximum atomic E-state index is 9.31. The number of anilines is 1. The van der Waals surface area contributed by atoms with Gasteiger partial charge in [-0.15, -0.1) is 0 Å². The Labute approximate surface area is 102 Å². The van der Waals surface area contributed by atoms with E-state index in [1.807, 2.05) is 25.1 Å². The van der Waals surface area contributed by atoms with Gasteiger partial charge < -0.3 is 19.9 Å². The number of aliphatic hydroxyl groups excluding tert-OH is 1. The van der Waals surface area contributed by atoms with Gasteiger partial charge in [-0.25, -0.2) is 0 Å². The summed E-state index contributed by atoms with van der Waals surface area (Å²) in [6.45, 7) is 4.17. The van der Waals surface area contributed by atoms with Crippen LogP contribution >= 0.6 is 0 Å². The maximum Gasteiger partial charge on any atom is 0.121 e. The van der Waals surface area contributed by atoms with Gasteiger partial charge in [-0.1, -0.05) is 0 Å². The zero-order chi connectivity index (χ0) is 12.3. The fraction of sp³-hybridized carbons (Fsp3) is 0.538. The van der Waals surface area contributed by atoms with E-state index in [0.717, 1.165) is 23.5 Å². The standard InChI is InChI=1S/C13H19NO3/c1-10-5-11(3-4-12(10)16-2)14-6-13(7-15)8-17-9-13/h3-5,14-15H,6-9H2,1-2H3. The first-order valence-electron chi connectivity index (χ1n) is 5.76. The summed E-state index contributed by atoms with van der Waals surface area (Å²) in [5.41, 5.74) is 2.04. The van der Waals surface area contributed by atoms with Crippen LogP contribution in [-0.4, -0.2) is 38.6 Å². The van der Waals surface area contributed by atoms with E-state index < -0.39 is 0 Å². The lowest BCUT2D eigenvalue weighted by molar-refractivity contribution is -0.128. The van der Waals surface area contributed by atoms with E-state index in [1.165, 1.54) is 0 Å². The highest BCUT2D eigenvalue weighted by Gasteiger charge is 2.37. The first-order chi connectivity index (χ1) is 8.19. The smallest absolute Gasteiger partial charge is 0.121 e. The summed E-state index contributed by atoms with van der Waals surface area (Å²) < 4.78 is 10.4. The van der Waals surface area contributed by atoms with Crippen molar-refractivity contribution in [3.63, 3.8) is 0 Å². The molecule has 0 unspecified atom stereocenters. The molecule has 1 heterocycles. The van der Waals surface area contributed by atoms with Crippen LogP contribution in [0.1, 0.15) is 5.56 Å². The predicted molar refractivity (Wildman–Crippen MR) is 66.6 cm³/mol. The van der Waals surface area contributed by atoms with E-state index >= 15 is 0 Å².